The molecule has 47 heavy (non-hydrogen) atoms. The second-order valence-electron chi connectivity index (χ2n) is 11.0. The number of rotatable bonds is 15. The second-order valence-corrected chi connectivity index (χ2v) is 13.3. The summed E-state index contributed by atoms with van der Waals surface area (Å²) in [6.45, 7) is 3.70. The van der Waals surface area contributed by atoms with Crippen LogP contribution in [0.25, 0.3) is 0 Å². The number of carbonyl (C=O) groups excluding carboxylic acids is 2. The van der Waals surface area contributed by atoms with Gasteiger partial charge in [0.05, 0.1) is 24.8 Å². The van der Waals surface area contributed by atoms with E-state index >= 15 is 0 Å². The smallest absolute Gasteiger partial charge is 0.264 e. The molecule has 9 nitrogen and oxygen atoms in total. The number of methoxy groups -OCH3 is 2. The number of halogens is 1. The van der Waals surface area contributed by atoms with Gasteiger partial charge in [-0.15, -0.1) is 0 Å². The Morgan fingerprint density at radius 3 is 2.17 bits per heavy atom. The van der Waals surface area contributed by atoms with E-state index in [0.29, 0.717) is 29.3 Å². The molecule has 4 aromatic rings. The molecular formula is C36H40ClN3O6S. The number of hydrogen-bond donors (Lipinski definition) is 1. The third kappa shape index (κ3) is 9.05. The van der Waals surface area contributed by atoms with Crippen LogP contribution >= 0.6 is 11.6 Å². The Kier molecular flexibility index (Phi) is 12.3. The molecule has 2 amide bonds. The maximum atomic E-state index is 14.6. The monoisotopic (exact) mass is 677 g/mol. The molecular weight excluding hydrogens is 638 g/mol. The van der Waals surface area contributed by atoms with E-state index in [-0.39, 0.29) is 35.2 Å². The number of nitrogens with zero attached hydrogens (tertiary/aromatic N) is 2. The molecule has 0 fully saturated rings. The van der Waals surface area contributed by atoms with Crippen LogP contribution in [0.4, 0.5) is 5.69 Å². The fourth-order valence-electron chi connectivity index (χ4n) is 5.10. The van der Waals surface area contributed by atoms with Gasteiger partial charge in [-0.05, 0) is 60.9 Å². The van der Waals surface area contributed by atoms with Crippen molar-refractivity contribution in [2.24, 2.45) is 0 Å². The summed E-state index contributed by atoms with van der Waals surface area (Å²) in [7, 11) is -1.45. The summed E-state index contributed by atoms with van der Waals surface area (Å²) < 4.78 is 40.4. The van der Waals surface area contributed by atoms with Crippen molar-refractivity contribution in [3.8, 4) is 11.5 Å². The number of carbonyl (C=O) groups is 2. The van der Waals surface area contributed by atoms with Gasteiger partial charge in [0, 0.05) is 30.6 Å². The van der Waals surface area contributed by atoms with Crippen molar-refractivity contribution in [1.82, 2.24) is 10.2 Å². The third-order valence-electron chi connectivity index (χ3n) is 7.61. The molecule has 0 bridgehead atoms. The van der Waals surface area contributed by atoms with E-state index in [9.17, 15) is 18.0 Å². The van der Waals surface area contributed by atoms with Gasteiger partial charge in [-0.1, -0.05) is 78.7 Å². The summed E-state index contributed by atoms with van der Waals surface area (Å²) in [6, 6.07) is 26.6. The fourth-order valence-corrected chi connectivity index (χ4v) is 6.74. The molecule has 0 heterocycles. The van der Waals surface area contributed by atoms with Crippen molar-refractivity contribution in [2.45, 2.75) is 44.2 Å². The lowest BCUT2D eigenvalue weighted by atomic mass is 10.0. The highest BCUT2D eigenvalue weighted by atomic mass is 35.5. The Hall–Kier alpha value is -4.54. The molecule has 4 rings (SSSR count). The molecule has 1 N–H and O–H groups in total. The van der Waals surface area contributed by atoms with Gasteiger partial charge >= 0.3 is 0 Å². The maximum Gasteiger partial charge on any atom is 0.264 e. The molecule has 11 heteroatoms. The zero-order valence-electron chi connectivity index (χ0n) is 27.0. The van der Waals surface area contributed by atoms with Gasteiger partial charge in [-0.2, -0.15) is 0 Å². The van der Waals surface area contributed by atoms with Crippen molar-refractivity contribution >= 4 is 39.1 Å². The van der Waals surface area contributed by atoms with Gasteiger partial charge in [0.1, 0.15) is 12.6 Å². The molecule has 0 aromatic heterocycles. The number of benzene rings is 4. The third-order valence-corrected chi connectivity index (χ3v) is 9.61. The van der Waals surface area contributed by atoms with Crippen molar-refractivity contribution in [3.63, 3.8) is 0 Å². The van der Waals surface area contributed by atoms with Gasteiger partial charge in [0.25, 0.3) is 10.0 Å². The van der Waals surface area contributed by atoms with Gasteiger partial charge < -0.3 is 19.7 Å². The number of amides is 2. The van der Waals surface area contributed by atoms with Crippen LogP contribution in [0.15, 0.2) is 102 Å². The minimum absolute atomic E-state index is 0.0224. The van der Waals surface area contributed by atoms with Crippen LogP contribution in [0.1, 0.15) is 30.0 Å². The van der Waals surface area contributed by atoms with E-state index in [2.05, 4.69) is 5.32 Å². The zero-order chi connectivity index (χ0) is 34.0. The van der Waals surface area contributed by atoms with Crippen LogP contribution in [0.3, 0.4) is 0 Å². The first-order chi connectivity index (χ1) is 22.6. The molecule has 1 unspecified atom stereocenters. The maximum absolute atomic E-state index is 14.6. The van der Waals surface area contributed by atoms with E-state index in [1.54, 1.807) is 42.5 Å². The highest BCUT2D eigenvalue weighted by Crippen LogP contribution is 2.32. The van der Waals surface area contributed by atoms with Crippen LogP contribution in [0, 0.1) is 6.92 Å². The van der Waals surface area contributed by atoms with Crippen molar-refractivity contribution in [1.29, 1.82) is 0 Å². The van der Waals surface area contributed by atoms with Gasteiger partial charge in [0.15, 0.2) is 11.5 Å². The summed E-state index contributed by atoms with van der Waals surface area (Å²) in [6.07, 6.45) is 0.923. The molecule has 0 saturated heterocycles. The Labute approximate surface area is 282 Å². The Balaban J connectivity index is 1.82. The van der Waals surface area contributed by atoms with Crippen LogP contribution < -0.4 is 19.1 Å². The minimum atomic E-state index is -4.32. The molecule has 1 atom stereocenters. The fraction of sp³-hybridized carbons (Fsp3) is 0.278. The minimum Gasteiger partial charge on any atom is -0.493 e. The molecule has 248 valence electrons. The SMILES string of the molecule is CCCNC(=O)C(Cc1ccccc1)N(Cc1cccc(Cl)c1)C(=O)CN(c1ccc(C)cc1)S(=O)(=O)c1ccc(OC)c(OC)c1. The molecule has 0 aliphatic heterocycles. The number of sulfonamides is 1. The predicted molar refractivity (Wildman–Crippen MR) is 184 cm³/mol. The topological polar surface area (TPSA) is 105 Å². The van der Waals surface area contributed by atoms with E-state index < -0.39 is 28.5 Å². The highest BCUT2D eigenvalue weighted by molar-refractivity contribution is 7.92. The average Bonchev–Trinajstić information content (AvgIpc) is 3.08. The normalized spacial score (nSPS) is 11.8. The quantitative estimate of drug-likeness (QED) is 0.165. The van der Waals surface area contributed by atoms with Gasteiger partial charge in [-0.3, -0.25) is 13.9 Å². The highest BCUT2D eigenvalue weighted by Gasteiger charge is 2.35. The molecule has 4 aromatic carbocycles. The summed E-state index contributed by atoms with van der Waals surface area (Å²) >= 11 is 6.31. The lowest BCUT2D eigenvalue weighted by Crippen LogP contribution is -2.53. The Morgan fingerprint density at radius 1 is 0.851 bits per heavy atom. The summed E-state index contributed by atoms with van der Waals surface area (Å²) in [5.41, 5.74) is 2.75. The van der Waals surface area contributed by atoms with Gasteiger partial charge in [-0.25, -0.2) is 8.42 Å². The lowest BCUT2D eigenvalue weighted by molar-refractivity contribution is -0.140. The lowest BCUT2D eigenvalue weighted by Gasteiger charge is -2.34. The summed E-state index contributed by atoms with van der Waals surface area (Å²) in [4.78, 5) is 29.7. The molecule has 0 spiro atoms. The average molecular weight is 678 g/mol. The van der Waals surface area contributed by atoms with Crippen LogP contribution in [-0.4, -0.2) is 58.5 Å². The Morgan fingerprint density at radius 2 is 1.53 bits per heavy atom. The molecule has 0 radical (unpaired) electrons. The number of anilines is 1. The standard InChI is InChI=1S/C36H40ClN3O6S/c1-5-20-38-36(42)32(22-27-10-7-6-8-11-27)39(24-28-12-9-13-29(37)21-28)35(41)25-40(30-16-14-26(2)15-17-30)47(43,44)31-18-19-33(45-3)34(23-31)46-4/h6-19,21,23,32H,5,20,22,24-25H2,1-4H3,(H,38,42). The molecule has 0 saturated carbocycles. The summed E-state index contributed by atoms with van der Waals surface area (Å²) in [5.74, 6) is -0.321. The predicted octanol–water partition coefficient (Wildman–Crippen LogP) is 6.03. The van der Waals surface area contributed by atoms with E-state index in [1.165, 1.54) is 37.3 Å². The van der Waals surface area contributed by atoms with Crippen LogP contribution in [0.2, 0.25) is 5.02 Å². The number of nitrogens with one attached hydrogen (secondary N) is 1. The molecule has 0 aliphatic rings. The summed E-state index contributed by atoms with van der Waals surface area (Å²) in [5, 5.41) is 3.41. The van der Waals surface area contributed by atoms with E-state index in [4.69, 9.17) is 21.1 Å². The second kappa shape index (κ2) is 16.3. The largest absolute Gasteiger partial charge is 0.493 e. The first kappa shape index (κ1) is 35.3. The van der Waals surface area contributed by atoms with E-state index in [1.807, 2.05) is 50.2 Å². The van der Waals surface area contributed by atoms with Crippen LogP contribution in [0.5, 0.6) is 11.5 Å². The Bertz CT molecular complexity index is 1770. The first-order valence-electron chi connectivity index (χ1n) is 15.2. The van der Waals surface area contributed by atoms with Crippen LogP contribution in [-0.2, 0) is 32.6 Å². The van der Waals surface area contributed by atoms with Crippen molar-refractivity contribution in [2.75, 3.05) is 31.6 Å². The van der Waals surface area contributed by atoms with Crippen molar-refractivity contribution in [3.05, 3.63) is 119 Å². The number of hydrogen-bond acceptors (Lipinski definition) is 6. The zero-order valence-corrected chi connectivity index (χ0v) is 28.6. The number of aryl methyl sites for hydroxylation is 1. The molecule has 0 aliphatic carbocycles. The first-order valence-corrected chi connectivity index (χ1v) is 17.1. The number of ether oxygens (including phenoxy) is 2. The van der Waals surface area contributed by atoms with Crippen molar-refractivity contribution < 1.29 is 27.5 Å². The van der Waals surface area contributed by atoms with Gasteiger partial charge in [0.2, 0.25) is 11.8 Å². The van der Waals surface area contributed by atoms with E-state index in [0.717, 1.165) is 15.4 Å².